The molecule has 0 aromatic carbocycles. The van der Waals surface area contributed by atoms with E-state index in [1.54, 1.807) is 7.11 Å². The first-order valence-corrected chi connectivity index (χ1v) is 20.4. The molecule has 0 spiro atoms. The number of rotatable bonds is 38. The van der Waals surface area contributed by atoms with Crippen molar-refractivity contribution in [3.05, 3.63) is 0 Å². The van der Waals surface area contributed by atoms with Crippen molar-refractivity contribution in [2.75, 3.05) is 13.7 Å². The summed E-state index contributed by atoms with van der Waals surface area (Å²) in [7, 11) is 1.63. The van der Waals surface area contributed by atoms with Crippen molar-refractivity contribution < 1.29 is 24.5 Å². The van der Waals surface area contributed by atoms with E-state index in [9.17, 15) is 14.7 Å². The fourth-order valence-electron chi connectivity index (χ4n) is 6.81. The molecule has 5 heteroatoms. The molecule has 0 saturated carbocycles. The Hall–Kier alpha value is -0.780. The van der Waals surface area contributed by atoms with Crippen molar-refractivity contribution in [2.45, 2.75) is 232 Å². The predicted molar refractivity (Wildman–Crippen MR) is 196 cm³/mol. The number of hydrogen-bond donors (Lipinski definition) is 2. The van der Waals surface area contributed by atoms with Gasteiger partial charge >= 0.3 is 0 Å². The summed E-state index contributed by atoms with van der Waals surface area (Å²) in [4.78, 5) is 26.7. The molecule has 5 nitrogen and oxygen atoms in total. The van der Waals surface area contributed by atoms with Gasteiger partial charge in [0, 0.05) is 26.6 Å². The monoisotopic (exact) mass is 653 g/mol. The largest absolute Gasteiger partial charge is 0.396 e. The fourth-order valence-corrected chi connectivity index (χ4v) is 6.81. The highest BCUT2D eigenvalue weighted by molar-refractivity contribution is 5.91. The summed E-state index contributed by atoms with van der Waals surface area (Å²) in [5, 5.41) is 20.2. The van der Waals surface area contributed by atoms with Crippen LogP contribution in [0.4, 0.5) is 0 Å². The number of carbonyl (C=O) groups is 2. The number of aliphatic hydroxyl groups excluding tert-OH is 2. The van der Waals surface area contributed by atoms with E-state index in [1.165, 1.54) is 103 Å². The molecule has 0 aromatic heterocycles. The van der Waals surface area contributed by atoms with Crippen LogP contribution in [0.1, 0.15) is 219 Å². The van der Waals surface area contributed by atoms with Gasteiger partial charge in [-0.2, -0.15) is 0 Å². The predicted octanol–water partition coefficient (Wildman–Crippen LogP) is 11.6. The molecule has 0 aromatic rings. The minimum Gasteiger partial charge on any atom is -0.396 e. The fraction of sp³-hybridized carbons (Fsp3) is 0.951. The van der Waals surface area contributed by atoms with Crippen molar-refractivity contribution in [3.8, 4) is 0 Å². The maximum Gasteiger partial charge on any atom is 0.162 e. The van der Waals surface area contributed by atoms with E-state index in [4.69, 9.17) is 9.84 Å². The Kier molecular flexibility index (Phi) is 34.9. The van der Waals surface area contributed by atoms with Gasteiger partial charge in [-0.3, -0.25) is 9.59 Å². The van der Waals surface area contributed by atoms with Gasteiger partial charge in [0.05, 0.1) is 12.0 Å². The van der Waals surface area contributed by atoms with Gasteiger partial charge in [0.1, 0.15) is 11.9 Å². The Morgan fingerprint density at radius 1 is 0.478 bits per heavy atom. The van der Waals surface area contributed by atoms with E-state index in [2.05, 4.69) is 13.8 Å². The van der Waals surface area contributed by atoms with Crippen LogP contribution in [0, 0.1) is 5.92 Å². The normalized spacial score (nSPS) is 13.6. The standard InChI is InChI=1S/C41H80O5/c1-4-6-8-10-12-14-16-18-21-25-29-33-37(43)40(39(46-3)35-31-27-23-20-24-28-32-36-42)41(45)38(44)34-30-26-22-19-17-15-13-11-9-7-5-2/h39-42,45H,4-36H2,1-3H3. The lowest BCUT2D eigenvalue weighted by molar-refractivity contribution is -0.144. The number of ketones is 2. The van der Waals surface area contributed by atoms with Crippen LogP contribution in [0.15, 0.2) is 0 Å². The van der Waals surface area contributed by atoms with Gasteiger partial charge in [-0.1, -0.05) is 181 Å². The Labute approximate surface area is 286 Å². The molecule has 0 saturated heterocycles. The topological polar surface area (TPSA) is 83.8 Å². The second-order valence-corrected chi connectivity index (χ2v) is 14.2. The molecule has 0 heterocycles. The Bertz CT molecular complexity index is 651. The molecule has 0 aliphatic rings. The quantitative estimate of drug-likeness (QED) is 0.0648. The third kappa shape index (κ3) is 27.2. The zero-order chi connectivity index (χ0) is 33.9. The van der Waals surface area contributed by atoms with E-state index in [1.807, 2.05) is 0 Å². The molecule has 0 radical (unpaired) electrons. The molecular weight excluding hydrogens is 572 g/mol. The molecule has 3 atom stereocenters. The first-order chi connectivity index (χ1) is 22.5. The summed E-state index contributed by atoms with van der Waals surface area (Å²) < 4.78 is 5.82. The van der Waals surface area contributed by atoms with Crippen LogP contribution in [0.5, 0.6) is 0 Å². The highest BCUT2D eigenvalue weighted by Crippen LogP contribution is 2.25. The molecular formula is C41H80O5. The van der Waals surface area contributed by atoms with Gasteiger partial charge in [-0.05, 0) is 25.7 Å². The second kappa shape index (κ2) is 35.5. The number of hydrogen-bond acceptors (Lipinski definition) is 5. The Morgan fingerprint density at radius 2 is 0.804 bits per heavy atom. The van der Waals surface area contributed by atoms with E-state index in [-0.39, 0.29) is 18.2 Å². The molecule has 0 bridgehead atoms. The Morgan fingerprint density at radius 3 is 1.17 bits per heavy atom. The zero-order valence-electron chi connectivity index (χ0n) is 31.2. The maximum absolute atomic E-state index is 13.5. The summed E-state index contributed by atoms with van der Waals surface area (Å²) in [5.41, 5.74) is 0. The smallest absolute Gasteiger partial charge is 0.162 e. The first kappa shape index (κ1) is 45.2. The number of Topliss-reactive ketones (excluding diaryl/α,β-unsaturated/α-hetero) is 2. The third-order valence-electron chi connectivity index (χ3n) is 9.95. The minimum absolute atomic E-state index is 0.00608. The van der Waals surface area contributed by atoms with Crippen molar-refractivity contribution in [1.29, 1.82) is 0 Å². The van der Waals surface area contributed by atoms with Crippen molar-refractivity contribution in [2.24, 2.45) is 5.92 Å². The number of carbonyl (C=O) groups excluding carboxylic acids is 2. The minimum atomic E-state index is -1.26. The average Bonchev–Trinajstić information content (AvgIpc) is 3.06. The van der Waals surface area contributed by atoms with Crippen LogP contribution in [0.25, 0.3) is 0 Å². The maximum atomic E-state index is 13.5. The van der Waals surface area contributed by atoms with Crippen LogP contribution >= 0.6 is 0 Å². The number of aliphatic hydroxyl groups is 2. The van der Waals surface area contributed by atoms with Crippen LogP contribution < -0.4 is 0 Å². The summed E-state index contributed by atoms with van der Waals surface area (Å²) >= 11 is 0. The van der Waals surface area contributed by atoms with Crippen LogP contribution in [0.2, 0.25) is 0 Å². The van der Waals surface area contributed by atoms with Gasteiger partial charge in [-0.15, -0.1) is 0 Å². The van der Waals surface area contributed by atoms with Gasteiger partial charge < -0.3 is 14.9 Å². The lowest BCUT2D eigenvalue weighted by atomic mass is 9.83. The summed E-state index contributed by atoms with van der Waals surface area (Å²) in [6.45, 7) is 4.78. The number of methoxy groups -OCH3 is 1. The molecule has 0 amide bonds. The molecule has 0 rings (SSSR count). The van der Waals surface area contributed by atoms with Crippen molar-refractivity contribution in [1.82, 2.24) is 0 Å². The average molecular weight is 653 g/mol. The Balaban J connectivity index is 4.67. The second-order valence-electron chi connectivity index (χ2n) is 14.2. The van der Waals surface area contributed by atoms with E-state index >= 15 is 0 Å². The highest BCUT2D eigenvalue weighted by Gasteiger charge is 2.37. The lowest BCUT2D eigenvalue weighted by Crippen LogP contribution is -2.43. The van der Waals surface area contributed by atoms with Gasteiger partial charge in [0.25, 0.3) is 0 Å². The van der Waals surface area contributed by atoms with E-state index in [0.29, 0.717) is 19.3 Å². The van der Waals surface area contributed by atoms with Gasteiger partial charge in [-0.25, -0.2) is 0 Å². The van der Waals surface area contributed by atoms with E-state index < -0.39 is 18.1 Å². The SMILES string of the molecule is CCCCCCCCCCCCCC(=O)C(O)C(C(=O)CCCCCCCCCCCCC)C(CCCCCCCCCO)OC. The molecule has 0 aliphatic heterocycles. The van der Waals surface area contributed by atoms with E-state index in [0.717, 1.165) is 83.5 Å². The molecule has 2 N–H and O–H groups in total. The summed E-state index contributed by atoms with van der Waals surface area (Å²) in [5.74, 6) is -0.927. The molecule has 0 aliphatic carbocycles. The summed E-state index contributed by atoms with van der Waals surface area (Å²) in [6.07, 6.45) is 34.1. The molecule has 0 fully saturated rings. The molecule has 274 valence electrons. The lowest BCUT2D eigenvalue weighted by Gasteiger charge is -2.28. The third-order valence-corrected chi connectivity index (χ3v) is 9.95. The van der Waals surface area contributed by atoms with Crippen LogP contribution in [0.3, 0.4) is 0 Å². The molecule has 3 unspecified atom stereocenters. The molecule has 46 heavy (non-hydrogen) atoms. The first-order valence-electron chi connectivity index (χ1n) is 20.4. The highest BCUT2D eigenvalue weighted by atomic mass is 16.5. The number of ether oxygens (including phenoxy) is 1. The van der Waals surface area contributed by atoms with Gasteiger partial charge in [0.15, 0.2) is 5.78 Å². The zero-order valence-corrected chi connectivity index (χ0v) is 31.2. The number of unbranched alkanes of at least 4 members (excludes halogenated alkanes) is 26. The van der Waals surface area contributed by atoms with Crippen LogP contribution in [-0.2, 0) is 14.3 Å². The van der Waals surface area contributed by atoms with Crippen molar-refractivity contribution in [3.63, 3.8) is 0 Å². The van der Waals surface area contributed by atoms with Gasteiger partial charge in [0.2, 0.25) is 0 Å². The van der Waals surface area contributed by atoms with Crippen molar-refractivity contribution >= 4 is 11.6 Å². The summed E-state index contributed by atoms with van der Waals surface area (Å²) in [6, 6.07) is 0. The van der Waals surface area contributed by atoms with Crippen LogP contribution in [-0.4, -0.2) is 47.7 Å².